The average Bonchev–Trinajstić information content (AvgIpc) is 2.90. The van der Waals surface area contributed by atoms with Gasteiger partial charge in [-0.1, -0.05) is 55.5 Å². The van der Waals surface area contributed by atoms with Crippen LogP contribution in [-0.2, 0) is 6.54 Å². The second-order valence-electron chi connectivity index (χ2n) is 5.93. The highest BCUT2D eigenvalue weighted by Crippen LogP contribution is 2.33. The van der Waals surface area contributed by atoms with Crippen molar-refractivity contribution < 1.29 is 0 Å². The molecule has 0 saturated heterocycles. The summed E-state index contributed by atoms with van der Waals surface area (Å²) in [5.41, 5.74) is 8.08. The number of thiazole rings is 1. The van der Waals surface area contributed by atoms with Crippen molar-refractivity contribution in [1.29, 1.82) is 0 Å². The number of nitrogens with two attached hydrogens (primary N) is 1. The second-order valence-corrected chi connectivity index (χ2v) is 6.99. The smallest absolute Gasteiger partial charge is 0.186 e. The van der Waals surface area contributed by atoms with Gasteiger partial charge in [-0.15, -0.1) is 0 Å². The summed E-state index contributed by atoms with van der Waals surface area (Å²) in [4.78, 5) is 8.27. The molecule has 2 aromatic rings. The summed E-state index contributed by atoms with van der Waals surface area (Å²) in [7, 11) is 2.13. The van der Waals surface area contributed by atoms with E-state index in [0.717, 1.165) is 27.7 Å². The molecule has 0 radical (unpaired) electrons. The van der Waals surface area contributed by atoms with Crippen molar-refractivity contribution in [2.75, 3.05) is 11.9 Å². The van der Waals surface area contributed by atoms with E-state index in [2.05, 4.69) is 44.9 Å². The van der Waals surface area contributed by atoms with Gasteiger partial charge in [0.1, 0.15) is 0 Å². The molecule has 0 aliphatic carbocycles. The topological polar surface area (TPSA) is 42.2 Å². The van der Waals surface area contributed by atoms with Gasteiger partial charge in [0.05, 0.1) is 5.69 Å². The lowest BCUT2D eigenvalue weighted by Gasteiger charge is -2.25. The van der Waals surface area contributed by atoms with Gasteiger partial charge < -0.3 is 10.6 Å². The fourth-order valence-corrected chi connectivity index (χ4v) is 3.50. The Morgan fingerprint density at radius 2 is 1.86 bits per heavy atom. The molecule has 2 rings (SSSR count). The summed E-state index contributed by atoms with van der Waals surface area (Å²) in [6.07, 6.45) is 1.16. The molecule has 0 aliphatic rings. The monoisotopic (exact) mass is 303 g/mol. The molecule has 114 valence electrons. The Morgan fingerprint density at radius 3 is 2.43 bits per heavy atom. The molecule has 0 saturated carbocycles. The number of aromatic nitrogens is 1. The minimum Gasteiger partial charge on any atom is -0.348 e. The zero-order valence-corrected chi connectivity index (χ0v) is 14.2. The van der Waals surface area contributed by atoms with Crippen LogP contribution in [0.15, 0.2) is 30.3 Å². The third kappa shape index (κ3) is 3.83. The van der Waals surface area contributed by atoms with Gasteiger partial charge in [-0.05, 0) is 19.3 Å². The van der Waals surface area contributed by atoms with E-state index in [9.17, 15) is 0 Å². The molecular weight excluding hydrogens is 278 g/mol. The van der Waals surface area contributed by atoms with Crippen LogP contribution in [0.1, 0.15) is 32.1 Å². The highest BCUT2D eigenvalue weighted by Gasteiger charge is 2.18. The van der Waals surface area contributed by atoms with Crippen LogP contribution in [-0.4, -0.2) is 18.1 Å². The fourth-order valence-electron chi connectivity index (χ4n) is 2.48. The van der Waals surface area contributed by atoms with E-state index in [4.69, 9.17) is 10.7 Å². The zero-order valence-electron chi connectivity index (χ0n) is 13.3. The summed E-state index contributed by atoms with van der Waals surface area (Å²) in [6.45, 7) is 7.31. The predicted octanol–water partition coefficient (Wildman–Crippen LogP) is 4.14. The summed E-state index contributed by atoms with van der Waals surface area (Å²) in [5, 5.41) is 1.06. The maximum absolute atomic E-state index is 5.91. The van der Waals surface area contributed by atoms with E-state index >= 15 is 0 Å². The zero-order chi connectivity index (χ0) is 15.4. The van der Waals surface area contributed by atoms with Crippen molar-refractivity contribution >= 4 is 16.5 Å². The van der Waals surface area contributed by atoms with Crippen LogP contribution in [0.2, 0.25) is 0 Å². The van der Waals surface area contributed by atoms with Gasteiger partial charge in [0.2, 0.25) is 0 Å². The first-order valence-electron chi connectivity index (χ1n) is 7.51. The number of hydrogen-bond acceptors (Lipinski definition) is 4. The first-order chi connectivity index (χ1) is 10.0. The van der Waals surface area contributed by atoms with Gasteiger partial charge in [0, 0.05) is 30.1 Å². The van der Waals surface area contributed by atoms with Crippen molar-refractivity contribution in [3.63, 3.8) is 0 Å². The van der Waals surface area contributed by atoms with Crippen LogP contribution in [0, 0.1) is 5.92 Å². The van der Waals surface area contributed by atoms with E-state index in [1.807, 2.05) is 18.2 Å². The van der Waals surface area contributed by atoms with Crippen LogP contribution in [0.3, 0.4) is 0 Å². The molecule has 1 atom stereocenters. The number of hydrogen-bond donors (Lipinski definition) is 1. The standard InChI is InChI=1S/C17H25N3S/c1-12(2)10-13(3)20(4)17-19-16(15(11-18)21-17)14-8-6-5-7-9-14/h5-9,12-13H,10-11,18H2,1-4H3. The Morgan fingerprint density at radius 1 is 1.19 bits per heavy atom. The Kier molecular flexibility index (Phi) is 5.37. The third-order valence-corrected chi connectivity index (χ3v) is 4.86. The van der Waals surface area contributed by atoms with Crippen molar-refractivity contribution in [1.82, 2.24) is 4.98 Å². The molecule has 21 heavy (non-hydrogen) atoms. The summed E-state index contributed by atoms with van der Waals surface area (Å²) in [5.74, 6) is 0.685. The van der Waals surface area contributed by atoms with Crippen LogP contribution in [0.5, 0.6) is 0 Å². The van der Waals surface area contributed by atoms with Gasteiger partial charge >= 0.3 is 0 Å². The molecule has 1 aromatic heterocycles. The molecule has 1 heterocycles. The molecular formula is C17H25N3S. The molecule has 2 N–H and O–H groups in total. The second kappa shape index (κ2) is 7.05. The largest absolute Gasteiger partial charge is 0.348 e. The first-order valence-corrected chi connectivity index (χ1v) is 8.32. The lowest BCUT2D eigenvalue weighted by molar-refractivity contribution is 0.504. The maximum atomic E-state index is 5.91. The number of benzene rings is 1. The van der Waals surface area contributed by atoms with Crippen molar-refractivity contribution in [3.05, 3.63) is 35.2 Å². The van der Waals surface area contributed by atoms with Crippen LogP contribution in [0.25, 0.3) is 11.3 Å². The molecule has 4 heteroatoms. The van der Waals surface area contributed by atoms with Gasteiger partial charge in [0.15, 0.2) is 5.13 Å². The Bertz CT molecular complexity index is 563. The summed E-state index contributed by atoms with van der Waals surface area (Å²) in [6, 6.07) is 10.8. The molecule has 0 aliphatic heterocycles. The van der Waals surface area contributed by atoms with Crippen LogP contribution < -0.4 is 10.6 Å². The highest BCUT2D eigenvalue weighted by molar-refractivity contribution is 7.16. The molecule has 1 aromatic carbocycles. The highest BCUT2D eigenvalue weighted by atomic mass is 32.1. The minimum absolute atomic E-state index is 0.477. The third-order valence-electron chi connectivity index (χ3n) is 3.69. The van der Waals surface area contributed by atoms with E-state index < -0.39 is 0 Å². The van der Waals surface area contributed by atoms with Crippen molar-refractivity contribution in [2.45, 2.75) is 39.8 Å². The minimum atomic E-state index is 0.477. The Hall–Kier alpha value is -1.39. The Balaban J connectivity index is 2.28. The number of rotatable bonds is 6. The maximum Gasteiger partial charge on any atom is 0.186 e. The lowest BCUT2D eigenvalue weighted by atomic mass is 10.0. The molecule has 0 amide bonds. The van der Waals surface area contributed by atoms with E-state index in [-0.39, 0.29) is 0 Å². The average molecular weight is 303 g/mol. The van der Waals surface area contributed by atoms with Gasteiger partial charge in [0.25, 0.3) is 0 Å². The van der Waals surface area contributed by atoms with Gasteiger partial charge in [-0.25, -0.2) is 4.98 Å². The van der Waals surface area contributed by atoms with Crippen molar-refractivity contribution in [3.8, 4) is 11.3 Å². The lowest BCUT2D eigenvalue weighted by Crippen LogP contribution is -2.29. The fraction of sp³-hybridized carbons (Fsp3) is 0.471. The number of nitrogens with zero attached hydrogens (tertiary/aromatic N) is 2. The molecule has 0 fully saturated rings. The summed E-state index contributed by atoms with van der Waals surface area (Å²) < 4.78 is 0. The number of anilines is 1. The Labute approximate surface area is 131 Å². The molecule has 0 spiro atoms. The molecule has 0 bridgehead atoms. The molecule has 3 nitrogen and oxygen atoms in total. The van der Waals surface area contributed by atoms with Crippen molar-refractivity contribution in [2.24, 2.45) is 11.7 Å². The van der Waals surface area contributed by atoms with E-state index in [1.54, 1.807) is 11.3 Å². The van der Waals surface area contributed by atoms with Gasteiger partial charge in [-0.3, -0.25) is 0 Å². The quantitative estimate of drug-likeness (QED) is 0.872. The SMILES string of the molecule is CC(C)CC(C)N(C)c1nc(-c2ccccc2)c(CN)s1. The van der Waals surface area contributed by atoms with Gasteiger partial charge in [-0.2, -0.15) is 0 Å². The van der Waals surface area contributed by atoms with Crippen LogP contribution in [0.4, 0.5) is 5.13 Å². The first kappa shape index (κ1) is 16.0. The van der Waals surface area contributed by atoms with Crippen LogP contribution >= 0.6 is 11.3 Å². The van der Waals surface area contributed by atoms with E-state index in [0.29, 0.717) is 18.5 Å². The predicted molar refractivity (Wildman–Crippen MR) is 92.8 cm³/mol. The summed E-state index contributed by atoms with van der Waals surface area (Å²) >= 11 is 1.71. The normalized spacial score (nSPS) is 12.7. The molecule has 1 unspecified atom stereocenters. The van der Waals surface area contributed by atoms with E-state index in [1.165, 1.54) is 0 Å².